The van der Waals surface area contributed by atoms with Crippen LogP contribution in [-0.2, 0) is 16.1 Å². The highest BCUT2D eigenvalue weighted by Crippen LogP contribution is 2.14. The summed E-state index contributed by atoms with van der Waals surface area (Å²) in [6.45, 7) is 1.37. The molecule has 1 heterocycles. The van der Waals surface area contributed by atoms with Crippen molar-refractivity contribution in [1.29, 1.82) is 0 Å². The second-order valence-electron chi connectivity index (χ2n) is 2.24. The number of ether oxygens (including phenoxy) is 1. The van der Waals surface area contributed by atoms with Crippen molar-refractivity contribution >= 4 is 29.2 Å². The molecule has 13 heavy (non-hydrogen) atoms. The van der Waals surface area contributed by atoms with Gasteiger partial charge in [-0.05, 0) is 11.6 Å². The fourth-order valence-electron chi connectivity index (χ4n) is 0.642. The Morgan fingerprint density at radius 3 is 2.85 bits per heavy atom. The highest BCUT2D eigenvalue weighted by Gasteiger charge is 2.04. The minimum Gasteiger partial charge on any atom is -0.461 e. The Morgan fingerprint density at radius 1 is 1.62 bits per heavy atom. The molecular formula is C7H6Cl2N2O2. The van der Waals surface area contributed by atoms with Gasteiger partial charge in [-0.2, -0.15) is 0 Å². The normalized spacial score (nSPS) is 9.77. The van der Waals surface area contributed by atoms with Gasteiger partial charge < -0.3 is 4.74 Å². The van der Waals surface area contributed by atoms with Crippen molar-refractivity contribution in [2.45, 2.75) is 13.5 Å². The Morgan fingerprint density at radius 2 is 2.31 bits per heavy atom. The summed E-state index contributed by atoms with van der Waals surface area (Å²) in [4.78, 5) is 17.8. The summed E-state index contributed by atoms with van der Waals surface area (Å²) in [7, 11) is 0. The van der Waals surface area contributed by atoms with Gasteiger partial charge in [-0.1, -0.05) is 11.6 Å². The monoisotopic (exact) mass is 220 g/mol. The Labute approximate surface area is 84.8 Å². The molecule has 0 aromatic carbocycles. The molecule has 0 saturated carbocycles. The van der Waals surface area contributed by atoms with Crippen LogP contribution in [0.1, 0.15) is 12.5 Å². The summed E-state index contributed by atoms with van der Waals surface area (Å²) in [5, 5.41) is 0.262. The Hall–Kier alpha value is -0.870. The second-order valence-corrected chi connectivity index (χ2v) is 2.93. The van der Waals surface area contributed by atoms with Crippen molar-refractivity contribution in [2.75, 3.05) is 0 Å². The minimum atomic E-state index is -0.383. The number of carbonyl (C=O) groups excluding carboxylic acids is 1. The Kier molecular flexibility index (Phi) is 3.45. The van der Waals surface area contributed by atoms with Crippen LogP contribution in [0.2, 0.25) is 10.4 Å². The molecule has 0 aliphatic carbocycles. The number of aromatic nitrogens is 2. The van der Waals surface area contributed by atoms with Gasteiger partial charge in [0.25, 0.3) is 0 Å². The molecule has 1 aromatic heterocycles. The van der Waals surface area contributed by atoms with E-state index in [2.05, 4.69) is 9.97 Å². The lowest BCUT2D eigenvalue weighted by Gasteiger charge is -2.02. The van der Waals surface area contributed by atoms with Gasteiger partial charge in [0, 0.05) is 18.7 Å². The van der Waals surface area contributed by atoms with Crippen LogP contribution >= 0.6 is 23.2 Å². The highest BCUT2D eigenvalue weighted by atomic mass is 35.5. The molecule has 6 heteroatoms. The van der Waals surface area contributed by atoms with E-state index in [0.717, 1.165) is 0 Å². The molecule has 0 atom stereocenters. The highest BCUT2D eigenvalue weighted by molar-refractivity contribution is 6.32. The zero-order valence-electron chi connectivity index (χ0n) is 6.75. The molecule has 4 nitrogen and oxygen atoms in total. The zero-order chi connectivity index (χ0) is 9.84. The number of rotatable bonds is 2. The predicted octanol–water partition coefficient (Wildman–Crippen LogP) is 1.85. The first kappa shape index (κ1) is 10.2. The summed E-state index contributed by atoms with van der Waals surface area (Å²) in [5.41, 5.74) is 0.529. The lowest BCUT2D eigenvalue weighted by atomic mass is 10.4. The van der Waals surface area contributed by atoms with E-state index in [9.17, 15) is 4.79 Å². The molecule has 0 saturated heterocycles. The molecule has 0 unspecified atom stereocenters. The van der Waals surface area contributed by atoms with Gasteiger partial charge in [0.15, 0.2) is 0 Å². The quantitative estimate of drug-likeness (QED) is 0.434. The van der Waals surface area contributed by atoms with Crippen molar-refractivity contribution in [1.82, 2.24) is 9.97 Å². The smallest absolute Gasteiger partial charge is 0.302 e. The van der Waals surface area contributed by atoms with E-state index in [0.29, 0.717) is 5.56 Å². The molecule has 70 valence electrons. The first-order chi connectivity index (χ1) is 6.09. The number of esters is 1. The van der Waals surface area contributed by atoms with Crippen LogP contribution in [0.15, 0.2) is 6.20 Å². The largest absolute Gasteiger partial charge is 0.461 e. The fourth-order valence-corrected chi connectivity index (χ4v) is 1.00. The van der Waals surface area contributed by atoms with Crippen molar-refractivity contribution in [3.63, 3.8) is 0 Å². The Bertz CT molecular complexity index is 330. The van der Waals surface area contributed by atoms with Gasteiger partial charge in [-0.25, -0.2) is 9.97 Å². The van der Waals surface area contributed by atoms with E-state index in [-0.39, 0.29) is 23.0 Å². The number of hydrogen-bond acceptors (Lipinski definition) is 4. The van der Waals surface area contributed by atoms with Crippen LogP contribution in [-0.4, -0.2) is 15.9 Å². The van der Waals surface area contributed by atoms with Gasteiger partial charge >= 0.3 is 5.97 Å². The van der Waals surface area contributed by atoms with Gasteiger partial charge in [-0.15, -0.1) is 0 Å². The maximum absolute atomic E-state index is 10.5. The maximum Gasteiger partial charge on any atom is 0.302 e. The average Bonchev–Trinajstić information content (AvgIpc) is 2.02. The summed E-state index contributed by atoms with van der Waals surface area (Å²) in [5.74, 6) is -0.383. The molecule has 0 radical (unpaired) electrons. The third-order valence-corrected chi connectivity index (χ3v) is 1.72. The molecule has 0 amide bonds. The number of carbonyl (C=O) groups is 1. The molecule has 0 aliphatic rings. The fraction of sp³-hybridized carbons (Fsp3) is 0.286. The lowest BCUT2D eigenvalue weighted by Crippen LogP contribution is -2.01. The van der Waals surface area contributed by atoms with E-state index < -0.39 is 0 Å². The van der Waals surface area contributed by atoms with Gasteiger partial charge in [0.1, 0.15) is 11.8 Å². The topological polar surface area (TPSA) is 52.1 Å². The number of halogens is 2. The third kappa shape index (κ3) is 3.16. The van der Waals surface area contributed by atoms with Gasteiger partial charge in [0.2, 0.25) is 5.28 Å². The molecule has 0 bridgehead atoms. The van der Waals surface area contributed by atoms with Crippen molar-refractivity contribution in [2.24, 2.45) is 0 Å². The van der Waals surface area contributed by atoms with Crippen LogP contribution in [0.5, 0.6) is 0 Å². The molecule has 1 rings (SSSR count). The first-order valence-corrected chi connectivity index (χ1v) is 4.15. The van der Waals surface area contributed by atoms with Crippen LogP contribution in [0.3, 0.4) is 0 Å². The molecule has 0 aliphatic heterocycles. The molecule has 0 N–H and O–H groups in total. The average molecular weight is 221 g/mol. The molecule has 1 aromatic rings. The standard InChI is InChI=1S/C7H6Cl2N2O2/c1-4(12)13-3-5-2-10-7(9)11-6(5)8/h2H,3H2,1H3. The van der Waals surface area contributed by atoms with Crippen LogP contribution in [0.25, 0.3) is 0 Å². The Balaban J connectivity index is 2.72. The molecular weight excluding hydrogens is 215 g/mol. The van der Waals surface area contributed by atoms with E-state index in [4.69, 9.17) is 27.9 Å². The third-order valence-electron chi connectivity index (χ3n) is 1.21. The zero-order valence-corrected chi connectivity index (χ0v) is 8.26. The van der Waals surface area contributed by atoms with E-state index >= 15 is 0 Å². The lowest BCUT2D eigenvalue weighted by molar-refractivity contribution is -0.142. The van der Waals surface area contributed by atoms with Crippen LogP contribution in [0.4, 0.5) is 0 Å². The predicted molar refractivity (Wildman–Crippen MR) is 47.5 cm³/mol. The summed E-state index contributed by atoms with van der Waals surface area (Å²) < 4.78 is 4.70. The van der Waals surface area contributed by atoms with Gasteiger partial charge in [-0.3, -0.25) is 4.79 Å². The first-order valence-electron chi connectivity index (χ1n) is 3.40. The van der Waals surface area contributed by atoms with E-state index in [1.54, 1.807) is 0 Å². The second kappa shape index (κ2) is 4.39. The summed E-state index contributed by atoms with van der Waals surface area (Å²) >= 11 is 11.2. The molecule has 0 fully saturated rings. The number of hydrogen-bond donors (Lipinski definition) is 0. The summed E-state index contributed by atoms with van der Waals surface area (Å²) in [6, 6.07) is 0. The van der Waals surface area contributed by atoms with E-state index in [1.165, 1.54) is 13.1 Å². The molecule has 0 spiro atoms. The van der Waals surface area contributed by atoms with Crippen molar-refractivity contribution in [3.05, 3.63) is 22.2 Å². The SMILES string of the molecule is CC(=O)OCc1cnc(Cl)nc1Cl. The van der Waals surface area contributed by atoms with E-state index in [1.807, 2.05) is 0 Å². The maximum atomic E-state index is 10.5. The van der Waals surface area contributed by atoms with Crippen LogP contribution in [0, 0.1) is 0 Å². The van der Waals surface area contributed by atoms with Crippen molar-refractivity contribution in [3.8, 4) is 0 Å². The number of nitrogens with zero attached hydrogens (tertiary/aromatic N) is 2. The van der Waals surface area contributed by atoms with Crippen molar-refractivity contribution < 1.29 is 9.53 Å². The summed E-state index contributed by atoms with van der Waals surface area (Å²) in [6.07, 6.45) is 1.42. The van der Waals surface area contributed by atoms with Crippen LogP contribution < -0.4 is 0 Å². The van der Waals surface area contributed by atoms with Gasteiger partial charge in [0.05, 0.1) is 0 Å². The minimum absolute atomic E-state index is 0.0608.